The predicted molar refractivity (Wildman–Crippen MR) is 76.9 cm³/mol. The number of hydrogen-bond acceptors (Lipinski definition) is 5. The number of rotatable bonds is 8. The summed E-state index contributed by atoms with van der Waals surface area (Å²) in [5, 5.41) is 0. The lowest BCUT2D eigenvalue weighted by atomic mass is 9.87. The lowest BCUT2D eigenvalue weighted by Gasteiger charge is -2.25. The molecule has 1 rings (SSSR count). The van der Waals surface area contributed by atoms with Crippen molar-refractivity contribution in [1.29, 1.82) is 0 Å². The van der Waals surface area contributed by atoms with Gasteiger partial charge in [-0.1, -0.05) is 12.1 Å². The molecule has 0 amide bonds. The first-order valence-electron chi connectivity index (χ1n) is 6.70. The number of esters is 1. The van der Waals surface area contributed by atoms with Crippen molar-refractivity contribution < 1.29 is 19.0 Å². The Morgan fingerprint density at radius 3 is 2.50 bits per heavy atom. The van der Waals surface area contributed by atoms with Gasteiger partial charge in [-0.15, -0.1) is 0 Å². The van der Waals surface area contributed by atoms with Gasteiger partial charge in [-0.3, -0.25) is 4.79 Å². The topological polar surface area (TPSA) is 70.8 Å². The van der Waals surface area contributed by atoms with Gasteiger partial charge in [0.05, 0.1) is 25.7 Å². The highest BCUT2D eigenvalue weighted by molar-refractivity contribution is 5.76. The maximum atomic E-state index is 11.9. The van der Waals surface area contributed by atoms with Gasteiger partial charge in [-0.2, -0.15) is 0 Å². The van der Waals surface area contributed by atoms with Gasteiger partial charge in [0.15, 0.2) is 11.5 Å². The lowest BCUT2D eigenvalue weighted by Crippen LogP contribution is -2.38. The Labute approximate surface area is 120 Å². The standard InChI is InChI=1S/C15H23NO4/c1-4-19-14(17)15(2,11-16)9-10-20-13-8-6-5-7-12(13)18-3/h5-8H,4,9-11,16H2,1-3H3. The zero-order valence-electron chi connectivity index (χ0n) is 12.3. The Morgan fingerprint density at radius 1 is 1.30 bits per heavy atom. The van der Waals surface area contributed by atoms with Gasteiger partial charge in [-0.05, 0) is 32.4 Å². The SMILES string of the molecule is CCOC(=O)C(C)(CN)CCOc1ccccc1OC. The number of benzene rings is 1. The molecule has 0 heterocycles. The molecule has 0 aliphatic heterocycles. The molecule has 0 aliphatic carbocycles. The maximum absolute atomic E-state index is 11.9. The summed E-state index contributed by atoms with van der Waals surface area (Å²) in [6.45, 7) is 4.51. The molecule has 1 aromatic carbocycles. The molecule has 0 bridgehead atoms. The Bertz CT molecular complexity index is 436. The molecule has 0 aromatic heterocycles. The van der Waals surface area contributed by atoms with Gasteiger partial charge in [0, 0.05) is 6.54 Å². The summed E-state index contributed by atoms with van der Waals surface area (Å²) in [6, 6.07) is 7.38. The van der Waals surface area contributed by atoms with Gasteiger partial charge < -0.3 is 19.9 Å². The van der Waals surface area contributed by atoms with Crippen LogP contribution in [0.15, 0.2) is 24.3 Å². The Morgan fingerprint density at radius 2 is 1.95 bits per heavy atom. The highest BCUT2D eigenvalue weighted by Crippen LogP contribution is 2.28. The molecule has 112 valence electrons. The number of ether oxygens (including phenoxy) is 3. The minimum atomic E-state index is -0.724. The molecule has 1 atom stereocenters. The Balaban J connectivity index is 2.59. The van der Waals surface area contributed by atoms with E-state index in [0.29, 0.717) is 31.1 Å². The van der Waals surface area contributed by atoms with E-state index in [1.807, 2.05) is 24.3 Å². The third-order valence-corrected chi connectivity index (χ3v) is 3.20. The first-order valence-corrected chi connectivity index (χ1v) is 6.70. The monoisotopic (exact) mass is 281 g/mol. The lowest BCUT2D eigenvalue weighted by molar-refractivity contribution is -0.154. The van der Waals surface area contributed by atoms with E-state index in [1.54, 1.807) is 21.0 Å². The van der Waals surface area contributed by atoms with Crippen LogP contribution in [0, 0.1) is 5.41 Å². The van der Waals surface area contributed by atoms with E-state index in [4.69, 9.17) is 19.9 Å². The highest BCUT2D eigenvalue weighted by Gasteiger charge is 2.33. The molecule has 0 saturated carbocycles. The van der Waals surface area contributed by atoms with Crippen molar-refractivity contribution in [3.63, 3.8) is 0 Å². The quantitative estimate of drug-likeness (QED) is 0.738. The summed E-state index contributed by atoms with van der Waals surface area (Å²) in [5.41, 5.74) is 4.97. The maximum Gasteiger partial charge on any atom is 0.313 e. The second-order valence-corrected chi connectivity index (χ2v) is 4.73. The molecule has 0 spiro atoms. The minimum Gasteiger partial charge on any atom is -0.493 e. The number of para-hydroxylation sites is 2. The van der Waals surface area contributed by atoms with Crippen LogP contribution in [0.2, 0.25) is 0 Å². The van der Waals surface area contributed by atoms with Gasteiger partial charge in [0.1, 0.15) is 0 Å². The predicted octanol–water partition coefficient (Wildman–Crippen LogP) is 1.99. The van der Waals surface area contributed by atoms with E-state index < -0.39 is 5.41 Å². The zero-order chi connectivity index (χ0) is 15.0. The van der Waals surface area contributed by atoms with Crippen molar-refractivity contribution >= 4 is 5.97 Å². The number of carbonyl (C=O) groups excluding carboxylic acids is 1. The van der Waals surface area contributed by atoms with Crippen LogP contribution in [0.1, 0.15) is 20.3 Å². The Kier molecular flexibility index (Phi) is 6.31. The van der Waals surface area contributed by atoms with Crippen molar-refractivity contribution in [2.24, 2.45) is 11.1 Å². The molecule has 5 heteroatoms. The number of methoxy groups -OCH3 is 1. The third kappa shape index (κ3) is 4.13. The number of carbonyl (C=O) groups is 1. The average Bonchev–Trinajstić information content (AvgIpc) is 2.47. The van der Waals surface area contributed by atoms with Crippen LogP contribution in [-0.2, 0) is 9.53 Å². The number of nitrogens with two attached hydrogens (primary N) is 1. The van der Waals surface area contributed by atoms with E-state index in [1.165, 1.54) is 0 Å². The van der Waals surface area contributed by atoms with Crippen molar-refractivity contribution in [3.8, 4) is 11.5 Å². The summed E-state index contributed by atoms with van der Waals surface area (Å²) in [4.78, 5) is 11.9. The fraction of sp³-hybridized carbons (Fsp3) is 0.533. The molecule has 1 aromatic rings. The van der Waals surface area contributed by atoms with Crippen molar-refractivity contribution in [1.82, 2.24) is 0 Å². The normalized spacial score (nSPS) is 13.4. The van der Waals surface area contributed by atoms with Crippen LogP contribution in [-0.4, -0.2) is 32.8 Å². The second kappa shape index (κ2) is 7.75. The largest absolute Gasteiger partial charge is 0.493 e. The zero-order valence-corrected chi connectivity index (χ0v) is 12.3. The highest BCUT2D eigenvalue weighted by atomic mass is 16.5. The van der Waals surface area contributed by atoms with Crippen LogP contribution in [0.3, 0.4) is 0 Å². The average molecular weight is 281 g/mol. The van der Waals surface area contributed by atoms with E-state index in [-0.39, 0.29) is 12.5 Å². The van der Waals surface area contributed by atoms with Gasteiger partial charge in [0.2, 0.25) is 0 Å². The molecule has 2 N–H and O–H groups in total. The molecule has 0 radical (unpaired) electrons. The van der Waals surface area contributed by atoms with Crippen LogP contribution in [0.4, 0.5) is 0 Å². The first-order chi connectivity index (χ1) is 9.57. The number of hydrogen-bond donors (Lipinski definition) is 1. The van der Waals surface area contributed by atoms with Crippen LogP contribution in [0.5, 0.6) is 11.5 Å². The second-order valence-electron chi connectivity index (χ2n) is 4.73. The van der Waals surface area contributed by atoms with E-state index in [0.717, 1.165) is 0 Å². The molecule has 0 fully saturated rings. The molecule has 0 saturated heterocycles. The van der Waals surface area contributed by atoms with Crippen molar-refractivity contribution in [3.05, 3.63) is 24.3 Å². The minimum absolute atomic E-state index is 0.223. The van der Waals surface area contributed by atoms with E-state index >= 15 is 0 Å². The molecular weight excluding hydrogens is 258 g/mol. The van der Waals surface area contributed by atoms with Crippen molar-refractivity contribution in [2.75, 3.05) is 26.9 Å². The molecule has 5 nitrogen and oxygen atoms in total. The summed E-state index contributed by atoms with van der Waals surface area (Å²) in [7, 11) is 1.59. The van der Waals surface area contributed by atoms with Crippen LogP contribution in [0.25, 0.3) is 0 Å². The molecule has 1 unspecified atom stereocenters. The van der Waals surface area contributed by atoms with Gasteiger partial charge in [0.25, 0.3) is 0 Å². The third-order valence-electron chi connectivity index (χ3n) is 3.20. The summed E-state index contributed by atoms with van der Waals surface area (Å²) < 4.78 is 15.9. The fourth-order valence-electron chi connectivity index (χ4n) is 1.72. The molecular formula is C15H23NO4. The first kappa shape index (κ1) is 16.3. The Hall–Kier alpha value is -1.75. The summed E-state index contributed by atoms with van der Waals surface area (Å²) in [5.74, 6) is 1.03. The van der Waals surface area contributed by atoms with Gasteiger partial charge >= 0.3 is 5.97 Å². The summed E-state index contributed by atoms with van der Waals surface area (Å²) >= 11 is 0. The van der Waals surface area contributed by atoms with E-state index in [2.05, 4.69) is 0 Å². The van der Waals surface area contributed by atoms with Crippen LogP contribution < -0.4 is 15.2 Å². The summed E-state index contributed by atoms with van der Waals surface area (Å²) in [6.07, 6.45) is 0.486. The molecule has 0 aliphatic rings. The van der Waals surface area contributed by atoms with Crippen LogP contribution >= 0.6 is 0 Å². The molecule has 20 heavy (non-hydrogen) atoms. The fourth-order valence-corrected chi connectivity index (χ4v) is 1.72. The van der Waals surface area contributed by atoms with Crippen molar-refractivity contribution in [2.45, 2.75) is 20.3 Å². The van der Waals surface area contributed by atoms with Gasteiger partial charge in [-0.25, -0.2) is 0 Å². The smallest absolute Gasteiger partial charge is 0.313 e. The van der Waals surface area contributed by atoms with E-state index in [9.17, 15) is 4.79 Å².